The SMILES string of the molecule is Cc1cc([C@@H]2C(=O)NC(=O)C2=O)c(C)cc1Br. The Morgan fingerprint density at radius 3 is 2.29 bits per heavy atom. The van der Waals surface area contributed by atoms with Gasteiger partial charge in [0.25, 0.3) is 5.91 Å². The number of carbonyl (C=O) groups is 3. The molecule has 5 heteroatoms. The molecule has 2 rings (SSSR count). The van der Waals surface area contributed by atoms with Crippen molar-refractivity contribution in [3.8, 4) is 0 Å². The number of imide groups is 1. The molecule has 1 heterocycles. The molecular formula is C12H10BrNO3. The van der Waals surface area contributed by atoms with Crippen LogP contribution in [0.15, 0.2) is 16.6 Å². The summed E-state index contributed by atoms with van der Waals surface area (Å²) in [5.74, 6) is -3.03. The van der Waals surface area contributed by atoms with Gasteiger partial charge in [0, 0.05) is 4.47 Å². The van der Waals surface area contributed by atoms with E-state index in [4.69, 9.17) is 0 Å². The van der Waals surface area contributed by atoms with E-state index in [-0.39, 0.29) is 0 Å². The molecule has 88 valence electrons. The van der Waals surface area contributed by atoms with Crippen LogP contribution in [0, 0.1) is 13.8 Å². The maximum Gasteiger partial charge on any atom is 0.295 e. The Morgan fingerprint density at radius 1 is 1.12 bits per heavy atom. The van der Waals surface area contributed by atoms with Gasteiger partial charge in [-0.1, -0.05) is 22.0 Å². The summed E-state index contributed by atoms with van der Waals surface area (Å²) in [7, 11) is 0. The summed E-state index contributed by atoms with van der Waals surface area (Å²) in [5, 5.41) is 2.04. The first-order valence-corrected chi connectivity index (χ1v) is 5.87. The molecule has 0 saturated carbocycles. The number of halogens is 1. The third-order valence-electron chi connectivity index (χ3n) is 2.84. The molecule has 1 aromatic rings. The minimum absolute atomic E-state index is 0.537. The Bertz CT molecular complexity index is 551. The van der Waals surface area contributed by atoms with Crippen molar-refractivity contribution >= 4 is 33.5 Å². The van der Waals surface area contributed by atoms with Crippen LogP contribution in [0.1, 0.15) is 22.6 Å². The fourth-order valence-corrected chi connectivity index (χ4v) is 2.35. The van der Waals surface area contributed by atoms with Crippen LogP contribution in [0.2, 0.25) is 0 Å². The fourth-order valence-electron chi connectivity index (χ4n) is 1.89. The Hall–Kier alpha value is -1.49. The number of ketones is 1. The van der Waals surface area contributed by atoms with Crippen LogP contribution in [0.25, 0.3) is 0 Å². The predicted molar refractivity (Wildman–Crippen MR) is 64.5 cm³/mol. The van der Waals surface area contributed by atoms with Crippen LogP contribution < -0.4 is 5.32 Å². The first kappa shape index (κ1) is 12.0. The lowest BCUT2D eigenvalue weighted by atomic mass is 9.91. The first-order chi connectivity index (χ1) is 7.91. The van der Waals surface area contributed by atoms with Gasteiger partial charge in [0.2, 0.25) is 11.7 Å². The van der Waals surface area contributed by atoms with Crippen molar-refractivity contribution in [3.63, 3.8) is 0 Å². The van der Waals surface area contributed by atoms with E-state index in [2.05, 4.69) is 15.9 Å². The second-order valence-corrected chi connectivity index (χ2v) is 4.93. The fraction of sp³-hybridized carbons (Fsp3) is 0.250. The van der Waals surface area contributed by atoms with Gasteiger partial charge < -0.3 is 0 Å². The van der Waals surface area contributed by atoms with Crippen LogP contribution in [0.3, 0.4) is 0 Å². The van der Waals surface area contributed by atoms with Crippen LogP contribution in [0.5, 0.6) is 0 Å². The largest absolute Gasteiger partial charge is 0.295 e. The highest BCUT2D eigenvalue weighted by Gasteiger charge is 2.41. The zero-order valence-electron chi connectivity index (χ0n) is 9.33. The second-order valence-electron chi connectivity index (χ2n) is 4.07. The smallest absolute Gasteiger partial charge is 0.289 e. The number of amides is 2. The number of hydrogen-bond donors (Lipinski definition) is 1. The molecule has 0 bridgehead atoms. The number of Topliss-reactive ketones (excluding diaryl/α,β-unsaturated/α-hetero) is 1. The summed E-state index contributed by atoms with van der Waals surface area (Å²) < 4.78 is 0.913. The Labute approximate surface area is 107 Å². The van der Waals surface area contributed by atoms with Crippen LogP contribution in [-0.2, 0) is 14.4 Å². The molecule has 2 amide bonds. The molecule has 1 atom stereocenters. The lowest BCUT2D eigenvalue weighted by molar-refractivity contribution is -0.135. The van der Waals surface area contributed by atoms with Crippen LogP contribution in [-0.4, -0.2) is 17.6 Å². The summed E-state index contributed by atoms with van der Waals surface area (Å²) in [6.45, 7) is 3.68. The molecule has 1 fully saturated rings. The molecule has 0 aromatic heterocycles. The lowest BCUT2D eigenvalue weighted by Crippen LogP contribution is -2.22. The third kappa shape index (κ3) is 1.91. The van der Waals surface area contributed by atoms with Gasteiger partial charge in [-0.25, -0.2) is 0 Å². The van der Waals surface area contributed by atoms with Crippen molar-refractivity contribution in [1.29, 1.82) is 0 Å². The predicted octanol–water partition coefficient (Wildman–Crippen LogP) is 1.38. The molecule has 0 unspecified atom stereocenters. The lowest BCUT2D eigenvalue weighted by Gasteiger charge is -2.11. The van der Waals surface area contributed by atoms with Crippen molar-refractivity contribution in [2.24, 2.45) is 0 Å². The van der Waals surface area contributed by atoms with E-state index in [1.807, 2.05) is 25.2 Å². The first-order valence-electron chi connectivity index (χ1n) is 5.07. The average Bonchev–Trinajstić information content (AvgIpc) is 2.48. The standard InChI is InChI=1S/C12H10BrNO3/c1-5-4-8(13)6(2)3-7(5)9-10(15)12(17)14-11(9)16/h3-4,9H,1-2H3,(H,14,16,17)/t9-/m0/s1. The molecule has 1 aromatic carbocycles. The van der Waals surface area contributed by atoms with Gasteiger partial charge in [0.15, 0.2) is 0 Å². The monoisotopic (exact) mass is 295 g/mol. The summed E-state index contributed by atoms with van der Waals surface area (Å²) in [4.78, 5) is 34.3. The zero-order chi connectivity index (χ0) is 12.7. The normalized spacial score (nSPS) is 19.7. The van der Waals surface area contributed by atoms with E-state index in [9.17, 15) is 14.4 Å². The van der Waals surface area contributed by atoms with Gasteiger partial charge in [-0.15, -0.1) is 0 Å². The minimum Gasteiger partial charge on any atom is -0.289 e. The Morgan fingerprint density at radius 2 is 1.76 bits per heavy atom. The Kier molecular flexibility index (Phi) is 2.87. The van der Waals surface area contributed by atoms with E-state index >= 15 is 0 Å². The maximum atomic E-state index is 11.6. The molecule has 0 radical (unpaired) electrons. The van der Waals surface area contributed by atoms with Crippen molar-refractivity contribution in [1.82, 2.24) is 5.32 Å². The highest BCUT2D eigenvalue weighted by atomic mass is 79.9. The van der Waals surface area contributed by atoms with Gasteiger partial charge >= 0.3 is 0 Å². The molecule has 4 nitrogen and oxygen atoms in total. The average molecular weight is 296 g/mol. The van der Waals surface area contributed by atoms with Crippen LogP contribution >= 0.6 is 15.9 Å². The van der Waals surface area contributed by atoms with E-state index in [0.717, 1.165) is 15.6 Å². The number of nitrogens with one attached hydrogen (secondary N) is 1. The van der Waals surface area contributed by atoms with E-state index in [1.165, 1.54) is 0 Å². The second kappa shape index (κ2) is 4.07. The minimum atomic E-state index is -0.991. The molecule has 1 aliphatic rings. The van der Waals surface area contributed by atoms with Gasteiger partial charge in [-0.05, 0) is 36.6 Å². The van der Waals surface area contributed by atoms with Crippen LogP contribution in [0.4, 0.5) is 0 Å². The summed E-state index contributed by atoms with van der Waals surface area (Å²) >= 11 is 3.38. The quantitative estimate of drug-likeness (QED) is 0.484. The van der Waals surface area contributed by atoms with Gasteiger partial charge in [-0.2, -0.15) is 0 Å². The zero-order valence-corrected chi connectivity index (χ0v) is 10.9. The summed E-state index contributed by atoms with van der Waals surface area (Å²) in [6.07, 6.45) is 0. The van der Waals surface area contributed by atoms with Gasteiger partial charge in [-0.3, -0.25) is 19.7 Å². The number of aryl methyl sites for hydroxylation is 2. The Balaban J connectivity index is 2.55. The highest BCUT2D eigenvalue weighted by molar-refractivity contribution is 9.10. The van der Waals surface area contributed by atoms with Crippen molar-refractivity contribution in [2.45, 2.75) is 19.8 Å². The third-order valence-corrected chi connectivity index (χ3v) is 3.70. The van der Waals surface area contributed by atoms with Gasteiger partial charge in [0.1, 0.15) is 5.92 Å². The number of benzene rings is 1. The number of rotatable bonds is 1. The van der Waals surface area contributed by atoms with E-state index < -0.39 is 23.5 Å². The van der Waals surface area contributed by atoms with Crippen molar-refractivity contribution in [3.05, 3.63) is 33.3 Å². The molecule has 0 aliphatic carbocycles. The van der Waals surface area contributed by atoms with Gasteiger partial charge in [0.05, 0.1) is 0 Å². The summed E-state index contributed by atoms with van der Waals surface area (Å²) in [5.41, 5.74) is 2.33. The molecule has 1 N–H and O–H groups in total. The van der Waals surface area contributed by atoms with Crippen molar-refractivity contribution in [2.75, 3.05) is 0 Å². The molecule has 17 heavy (non-hydrogen) atoms. The van der Waals surface area contributed by atoms with Crippen molar-refractivity contribution < 1.29 is 14.4 Å². The summed E-state index contributed by atoms with van der Waals surface area (Å²) in [6, 6.07) is 3.61. The molecule has 0 spiro atoms. The molecule has 1 saturated heterocycles. The number of carbonyl (C=O) groups excluding carboxylic acids is 3. The topological polar surface area (TPSA) is 63.2 Å². The maximum absolute atomic E-state index is 11.6. The molecular weight excluding hydrogens is 286 g/mol. The number of hydrogen-bond acceptors (Lipinski definition) is 3. The highest BCUT2D eigenvalue weighted by Crippen LogP contribution is 2.29. The van der Waals surface area contributed by atoms with E-state index in [0.29, 0.717) is 5.56 Å². The molecule has 1 aliphatic heterocycles. The van der Waals surface area contributed by atoms with E-state index in [1.54, 1.807) is 6.07 Å².